The van der Waals surface area contributed by atoms with E-state index in [2.05, 4.69) is 10.6 Å². The first-order valence-corrected chi connectivity index (χ1v) is 8.84. The van der Waals surface area contributed by atoms with Crippen LogP contribution in [-0.4, -0.2) is 18.4 Å². The van der Waals surface area contributed by atoms with Crippen LogP contribution in [0.15, 0.2) is 48.5 Å². The second-order valence-corrected chi connectivity index (χ2v) is 6.80. The van der Waals surface area contributed by atoms with Crippen molar-refractivity contribution in [1.82, 2.24) is 5.32 Å². The molecule has 138 valence electrons. The molecule has 5 nitrogen and oxygen atoms in total. The van der Waals surface area contributed by atoms with Gasteiger partial charge in [0.1, 0.15) is 18.8 Å². The number of hydrogen-bond acceptors (Lipinski definition) is 3. The van der Waals surface area contributed by atoms with Crippen LogP contribution in [0.5, 0.6) is 5.75 Å². The minimum absolute atomic E-state index is 0.193. The molecule has 0 fully saturated rings. The Hall–Kier alpha value is -2.53. The molecule has 2 aromatic rings. The monoisotopic (exact) mass is 374 g/mol. The van der Waals surface area contributed by atoms with Crippen LogP contribution < -0.4 is 15.4 Å². The average Bonchev–Trinajstić information content (AvgIpc) is 2.60. The fraction of sp³-hybridized carbons (Fsp3) is 0.300. The summed E-state index contributed by atoms with van der Waals surface area (Å²) in [4.78, 5) is 23.5. The predicted octanol–water partition coefficient (Wildman–Crippen LogP) is 4.02. The van der Waals surface area contributed by atoms with Gasteiger partial charge in [-0.2, -0.15) is 0 Å². The Bertz CT molecular complexity index is 728. The quantitative estimate of drug-likeness (QED) is 0.686. The van der Waals surface area contributed by atoms with Gasteiger partial charge in [-0.05, 0) is 47.9 Å². The van der Waals surface area contributed by atoms with Crippen LogP contribution in [0.25, 0.3) is 0 Å². The highest BCUT2D eigenvalue weighted by atomic mass is 35.5. The van der Waals surface area contributed by atoms with Gasteiger partial charge in [0.15, 0.2) is 0 Å². The highest BCUT2D eigenvalue weighted by molar-refractivity contribution is 6.30. The van der Waals surface area contributed by atoms with Crippen molar-refractivity contribution in [1.29, 1.82) is 0 Å². The molecule has 0 bridgehead atoms. The summed E-state index contributed by atoms with van der Waals surface area (Å²) in [5, 5.41) is 6.10. The van der Waals surface area contributed by atoms with Gasteiger partial charge in [-0.25, -0.2) is 0 Å². The van der Waals surface area contributed by atoms with E-state index in [9.17, 15) is 9.59 Å². The molecule has 6 heteroatoms. The van der Waals surface area contributed by atoms with Gasteiger partial charge in [0, 0.05) is 17.3 Å². The second kappa shape index (κ2) is 9.82. The molecule has 0 heterocycles. The predicted molar refractivity (Wildman–Crippen MR) is 103 cm³/mol. The van der Waals surface area contributed by atoms with Crippen molar-refractivity contribution in [3.8, 4) is 5.75 Å². The summed E-state index contributed by atoms with van der Waals surface area (Å²) in [5.74, 6) is 0.412. The molecule has 2 rings (SSSR count). The molecule has 0 unspecified atom stereocenters. The van der Waals surface area contributed by atoms with Crippen molar-refractivity contribution < 1.29 is 14.3 Å². The van der Waals surface area contributed by atoms with Crippen LogP contribution in [0.1, 0.15) is 25.8 Å². The topological polar surface area (TPSA) is 67.4 Å². The second-order valence-electron chi connectivity index (χ2n) is 6.36. The highest BCUT2D eigenvalue weighted by Gasteiger charge is 2.10. The van der Waals surface area contributed by atoms with Gasteiger partial charge in [0.2, 0.25) is 11.8 Å². The Morgan fingerprint density at radius 1 is 1.00 bits per heavy atom. The molecule has 0 atom stereocenters. The smallest absolute Gasteiger partial charge is 0.233 e. The number of ether oxygens (including phenoxy) is 1. The Labute approximate surface area is 158 Å². The van der Waals surface area contributed by atoms with E-state index >= 15 is 0 Å². The van der Waals surface area contributed by atoms with Gasteiger partial charge in [-0.15, -0.1) is 0 Å². The molecule has 2 amide bonds. The lowest BCUT2D eigenvalue weighted by atomic mass is 10.2. The molecular weight excluding hydrogens is 352 g/mol. The number of amides is 2. The van der Waals surface area contributed by atoms with E-state index in [0.29, 0.717) is 35.5 Å². The van der Waals surface area contributed by atoms with Crippen molar-refractivity contribution >= 4 is 29.1 Å². The summed E-state index contributed by atoms with van der Waals surface area (Å²) >= 11 is 5.85. The molecule has 0 aliphatic heterocycles. The Balaban J connectivity index is 1.78. The third kappa shape index (κ3) is 7.15. The molecule has 26 heavy (non-hydrogen) atoms. The van der Waals surface area contributed by atoms with Crippen molar-refractivity contribution in [3.63, 3.8) is 0 Å². The van der Waals surface area contributed by atoms with Crippen molar-refractivity contribution in [2.45, 2.75) is 26.9 Å². The van der Waals surface area contributed by atoms with Crippen LogP contribution in [0.4, 0.5) is 5.69 Å². The lowest BCUT2D eigenvalue weighted by molar-refractivity contribution is -0.126. The Kier molecular flexibility index (Phi) is 7.48. The van der Waals surface area contributed by atoms with Gasteiger partial charge in [-0.1, -0.05) is 37.6 Å². The number of hydrogen-bond donors (Lipinski definition) is 2. The number of benzene rings is 2. The highest BCUT2D eigenvalue weighted by Crippen LogP contribution is 2.18. The number of halogens is 1. The van der Waals surface area contributed by atoms with Crippen LogP contribution in [0.3, 0.4) is 0 Å². The van der Waals surface area contributed by atoms with Gasteiger partial charge >= 0.3 is 0 Å². The van der Waals surface area contributed by atoms with Crippen molar-refractivity contribution in [3.05, 3.63) is 59.1 Å². The molecule has 0 aromatic heterocycles. The minimum Gasteiger partial charge on any atom is -0.489 e. The first kappa shape index (κ1) is 19.8. The summed E-state index contributed by atoms with van der Waals surface area (Å²) in [6, 6.07) is 14.5. The van der Waals surface area contributed by atoms with Crippen LogP contribution in [0, 0.1) is 5.92 Å². The summed E-state index contributed by atoms with van der Waals surface area (Å²) in [6.07, 6.45) is -0.193. The minimum atomic E-state index is -0.346. The summed E-state index contributed by atoms with van der Waals surface area (Å²) in [7, 11) is 0. The lowest BCUT2D eigenvalue weighted by Gasteiger charge is -2.09. The van der Waals surface area contributed by atoms with Crippen LogP contribution in [-0.2, 0) is 16.2 Å². The number of rotatable bonds is 8. The molecule has 0 saturated heterocycles. The number of anilines is 1. The number of nitrogens with one attached hydrogen (secondary N) is 2. The van der Waals surface area contributed by atoms with Crippen LogP contribution in [0.2, 0.25) is 5.02 Å². The maximum Gasteiger partial charge on any atom is 0.233 e. The fourth-order valence-electron chi connectivity index (χ4n) is 2.11. The molecule has 2 aromatic carbocycles. The average molecular weight is 375 g/mol. The lowest BCUT2D eigenvalue weighted by Crippen LogP contribution is -2.30. The summed E-state index contributed by atoms with van der Waals surface area (Å²) < 4.78 is 5.69. The van der Waals surface area contributed by atoms with E-state index in [0.717, 1.165) is 5.56 Å². The maximum atomic E-state index is 11.9. The van der Waals surface area contributed by atoms with Crippen LogP contribution >= 0.6 is 11.6 Å². The van der Waals surface area contributed by atoms with Gasteiger partial charge in [0.25, 0.3) is 0 Å². The normalized spacial score (nSPS) is 10.5. The molecule has 0 aliphatic rings. The van der Waals surface area contributed by atoms with Crippen molar-refractivity contribution in [2.24, 2.45) is 5.92 Å². The van der Waals surface area contributed by atoms with E-state index in [4.69, 9.17) is 16.3 Å². The van der Waals surface area contributed by atoms with E-state index in [1.165, 1.54) is 0 Å². The first-order valence-electron chi connectivity index (χ1n) is 8.46. The van der Waals surface area contributed by atoms with E-state index in [1.54, 1.807) is 24.3 Å². The molecule has 0 aliphatic carbocycles. The molecule has 0 saturated carbocycles. The standard InChI is InChI=1S/C20H23ClN2O3/c1-14(2)12-22-19(24)11-20(25)23-17-7-9-18(10-8-17)26-13-15-3-5-16(21)6-4-15/h3-10,14H,11-13H2,1-2H3,(H,22,24)(H,23,25). The van der Waals surface area contributed by atoms with Crippen molar-refractivity contribution in [2.75, 3.05) is 11.9 Å². The third-order valence-electron chi connectivity index (χ3n) is 3.49. The number of carbonyl (C=O) groups excluding carboxylic acids is 2. The Morgan fingerprint density at radius 3 is 2.27 bits per heavy atom. The SMILES string of the molecule is CC(C)CNC(=O)CC(=O)Nc1ccc(OCc2ccc(Cl)cc2)cc1. The van der Waals surface area contributed by atoms with E-state index in [-0.39, 0.29) is 18.2 Å². The van der Waals surface area contributed by atoms with Gasteiger partial charge in [-0.3, -0.25) is 9.59 Å². The Morgan fingerprint density at radius 2 is 1.65 bits per heavy atom. The largest absolute Gasteiger partial charge is 0.489 e. The third-order valence-corrected chi connectivity index (χ3v) is 3.74. The summed E-state index contributed by atoms with van der Waals surface area (Å²) in [6.45, 7) is 4.98. The fourth-order valence-corrected chi connectivity index (χ4v) is 2.24. The molecule has 0 radical (unpaired) electrons. The first-order chi connectivity index (χ1) is 12.4. The van der Waals surface area contributed by atoms with Gasteiger partial charge < -0.3 is 15.4 Å². The maximum absolute atomic E-state index is 11.9. The summed E-state index contributed by atoms with van der Waals surface area (Å²) in [5.41, 5.74) is 1.63. The number of carbonyl (C=O) groups is 2. The molecule has 2 N–H and O–H groups in total. The molecular formula is C20H23ClN2O3. The zero-order valence-corrected chi connectivity index (χ0v) is 15.7. The molecule has 0 spiro atoms. The van der Waals surface area contributed by atoms with E-state index in [1.807, 2.05) is 38.1 Å². The van der Waals surface area contributed by atoms with Gasteiger partial charge in [0.05, 0.1) is 0 Å². The zero-order valence-electron chi connectivity index (χ0n) is 14.9. The zero-order chi connectivity index (χ0) is 18.9. The van der Waals surface area contributed by atoms with E-state index < -0.39 is 0 Å².